The van der Waals surface area contributed by atoms with Gasteiger partial charge in [0.05, 0.1) is 4.34 Å². The molecule has 0 aromatic carbocycles. The van der Waals surface area contributed by atoms with E-state index in [9.17, 15) is 0 Å². The highest BCUT2D eigenvalue weighted by atomic mass is 35.5. The SMILES string of the molecule is CC1CCCC(CCNCc2ccc(Cl)s2)C1. The first kappa shape index (κ1) is 13.4. The van der Waals surface area contributed by atoms with Crippen LogP contribution in [0.25, 0.3) is 0 Å². The summed E-state index contributed by atoms with van der Waals surface area (Å²) in [6, 6.07) is 4.09. The van der Waals surface area contributed by atoms with Gasteiger partial charge in [0.2, 0.25) is 0 Å². The minimum Gasteiger partial charge on any atom is -0.312 e. The van der Waals surface area contributed by atoms with Gasteiger partial charge in [-0.05, 0) is 43.4 Å². The van der Waals surface area contributed by atoms with E-state index >= 15 is 0 Å². The Bertz CT molecular complexity index is 337. The molecule has 1 aliphatic carbocycles. The molecule has 1 nitrogen and oxygen atoms in total. The standard InChI is InChI=1S/C14H22ClNS/c1-11-3-2-4-12(9-11)7-8-16-10-13-5-6-14(15)17-13/h5-6,11-12,16H,2-4,7-10H2,1H3. The highest BCUT2D eigenvalue weighted by molar-refractivity contribution is 7.16. The van der Waals surface area contributed by atoms with Crippen LogP contribution in [0.1, 0.15) is 43.9 Å². The predicted octanol–water partition coefficient (Wildman–Crippen LogP) is 4.71. The van der Waals surface area contributed by atoms with Gasteiger partial charge >= 0.3 is 0 Å². The summed E-state index contributed by atoms with van der Waals surface area (Å²) in [7, 11) is 0. The molecule has 1 aromatic heterocycles. The van der Waals surface area contributed by atoms with E-state index in [-0.39, 0.29) is 0 Å². The van der Waals surface area contributed by atoms with Crippen molar-refractivity contribution in [2.75, 3.05) is 6.54 Å². The molecule has 1 aromatic rings. The molecule has 0 bridgehead atoms. The fourth-order valence-electron chi connectivity index (χ4n) is 2.79. The third-order valence-corrected chi connectivity index (χ3v) is 4.93. The average molecular weight is 272 g/mol. The molecular formula is C14H22ClNS. The number of hydrogen-bond donors (Lipinski definition) is 1. The quantitative estimate of drug-likeness (QED) is 0.765. The number of nitrogens with one attached hydrogen (secondary N) is 1. The molecule has 1 heterocycles. The summed E-state index contributed by atoms with van der Waals surface area (Å²) in [4.78, 5) is 1.34. The van der Waals surface area contributed by atoms with Gasteiger partial charge in [-0.1, -0.05) is 37.8 Å². The normalized spacial score (nSPS) is 25.1. The van der Waals surface area contributed by atoms with Gasteiger partial charge in [0.15, 0.2) is 0 Å². The van der Waals surface area contributed by atoms with Crippen LogP contribution in [0.15, 0.2) is 12.1 Å². The number of halogens is 1. The molecule has 1 aliphatic rings. The average Bonchev–Trinajstić information content (AvgIpc) is 2.71. The first-order valence-corrected chi connectivity index (χ1v) is 7.88. The minimum absolute atomic E-state index is 0.892. The van der Waals surface area contributed by atoms with Crippen molar-refractivity contribution in [3.8, 4) is 0 Å². The Morgan fingerprint density at radius 3 is 3.00 bits per heavy atom. The summed E-state index contributed by atoms with van der Waals surface area (Å²) >= 11 is 7.58. The van der Waals surface area contributed by atoms with Gasteiger partial charge in [-0.2, -0.15) is 0 Å². The van der Waals surface area contributed by atoms with Gasteiger partial charge in [0, 0.05) is 11.4 Å². The Morgan fingerprint density at radius 1 is 1.41 bits per heavy atom. The van der Waals surface area contributed by atoms with Gasteiger partial charge in [-0.25, -0.2) is 0 Å². The van der Waals surface area contributed by atoms with Crippen molar-refractivity contribution in [1.82, 2.24) is 5.32 Å². The van der Waals surface area contributed by atoms with Gasteiger partial charge in [-0.15, -0.1) is 11.3 Å². The molecule has 1 fully saturated rings. The lowest BCUT2D eigenvalue weighted by Crippen LogP contribution is -2.20. The van der Waals surface area contributed by atoms with Crippen LogP contribution in [0.4, 0.5) is 0 Å². The molecule has 0 amide bonds. The van der Waals surface area contributed by atoms with Gasteiger partial charge in [0.25, 0.3) is 0 Å². The second kappa shape index (κ2) is 6.77. The molecule has 1 N–H and O–H groups in total. The number of hydrogen-bond acceptors (Lipinski definition) is 2. The molecular weight excluding hydrogens is 250 g/mol. The molecule has 2 rings (SSSR count). The van der Waals surface area contributed by atoms with Crippen LogP contribution in [-0.4, -0.2) is 6.54 Å². The Kier molecular flexibility index (Phi) is 5.33. The van der Waals surface area contributed by atoms with E-state index in [0.29, 0.717) is 0 Å². The fourth-order valence-corrected chi connectivity index (χ4v) is 3.84. The van der Waals surface area contributed by atoms with Crippen molar-refractivity contribution < 1.29 is 0 Å². The van der Waals surface area contributed by atoms with E-state index in [1.165, 1.54) is 37.0 Å². The van der Waals surface area contributed by atoms with Gasteiger partial charge in [-0.3, -0.25) is 0 Å². The van der Waals surface area contributed by atoms with E-state index in [1.54, 1.807) is 11.3 Å². The zero-order chi connectivity index (χ0) is 12.1. The van der Waals surface area contributed by atoms with E-state index in [2.05, 4.69) is 18.3 Å². The monoisotopic (exact) mass is 271 g/mol. The highest BCUT2D eigenvalue weighted by Gasteiger charge is 2.17. The Balaban J connectivity index is 1.59. The molecule has 96 valence electrons. The zero-order valence-electron chi connectivity index (χ0n) is 10.5. The second-order valence-corrected chi connectivity index (χ2v) is 7.11. The van der Waals surface area contributed by atoms with Crippen molar-refractivity contribution in [1.29, 1.82) is 0 Å². The number of thiophene rings is 1. The van der Waals surface area contributed by atoms with E-state index in [0.717, 1.165) is 29.3 Å². The van der Waals surface area contributed by atoms with Crippen molar-refractivity contribution in [3.05, 3.63) is 21.3 Å². The van der Waals surface area contributed by atoms with E-state index in [4.69, 9.17) is 11.6 Å². The lowest BCUT2D eigenvalue weighted by molar-refractivity contribution is 0.267. The summed E-state index contributed by atoms with van der Waals surface area (Å²) in [5.41, 5.74) is 0. The smallest absolute Gasteiger partial charge is 0.0931 e. The van der Waals surface area contributed by atoms with Crippen LogP contribution >= 0.6 is 22.9 Å². The van der Waals surface area contributed by atoms with Gasteiger partial charge in [0.1, 0.15) is 0 Å². The topological polar surface area (TPSA) is 12.0 Å². The molecule has 2 unspecified atom stereocenters. The maximum absolute atomic E-state index is 5.90. The molecule has 17 heavy (non-hydrogen) atoms. The zero-order valence-corrected chi connectivity index (χ0v) is 12.1. The second-order valence-electron chi connectivity index (χ2n) is 5.31. The highest BCUT2D eigenvalue weighted by Crippen LogP contribution is 2.30. The largest absolute Gasteiger partial charge is 0.312 e. The van der Waals surface area contributed by atoms with Crippen molar-refractivity contribution in [2.45, 2.75) is 45.6 Å². The van der Waals surface area contributed by atoms with Crippen molar-refractivity contribution in [3.63, 3.8) is 0 Å². The molecule has 3 heteroatoms. The van der Waals surface area contributed by atoms with E-state index < -0.39 is 0 Å². The maximum Gasteiger partial charge on any atom is 0.0931 e. The summed E-state index contributed by atoms with van der Waals surface area (Å²) in [6.45, 7) is 4.51. The summed E-state index contributed by atoms with van der Waals surface area (Å²) < 4.78 is 0.892. The number of rotatable bonds is 5. The van der Waals surface area contributed by atoms with Crippen LogP contribution in [0.5, 0.6) is 0 Å². The third kappa shape index (κ3) is 4.61. The van der Waals surface area contributed by atoms with Gasteiger partial charge < -0.3 is 5.32 Å². The Hall–Kier alpha value is -0.0500. The first-order valence-electron chi connectivity index (χ1n) is 6.69. The van der Waals surface area contributed by atoms with Crippen molar-refractivity contribution in [2.24, 2.45) is 11.8 Å². The van der Waals surface area contributed by atoms with Crippen LogP contribution in [0.3, 0.4) is 0 Å². The van der Waals surface area contributed by atoms with E-state index in [1.807, 2.05) is 6.07 Å². The molecule has 2 atom stereocenters. The van der Waals surface area contributed by atoms with Crippen LogP contribution in [0.2, 0.25) is 4.34 Å². The summed E-state index contributed by atoms with van der Waals surface area (Å²) in [6.07, 6.45) is 7.09. The first-order chi connectivity index (χ1) is 8.24. The third-order valence-electron chi connectivity index (χ3n) is 3.70. The predicted molar refractivity (Wildman–Crippen MR) is 76.8 cm³/mol. The lowest BCUT2D eigenvalue weighted by atomic mass is 9.81. The maximum atomic E-state index is 5.90. The summed E-state index contributed by atoms with van der Waals surface area (Å²) in [5, 5.41) is 3.53. The summed E-state index contributed by atoms with van der Waals surface area (Å²) in [5.74, 6) is 1.91. The molecule has 0 aliphatic heterocycles. The van der Waals surface area contributed by atoms with Crippen LogP contribution in [-0.2, 0) is 6.54 Å². The molecule has 0 saturated heterocycles. The molecule has 1 saturated carbocycles. The molecule has 0 radical (unpaired) electrons. The van der Waals surface area contributed by atoms with Crippen molar-refractivity contribution >= 4 is 22.9 Å². The Morgan fingerprint density at radius 2 is 2.29 bits per heavy atom. The lowest BCUT2D eigenvalue weighted by Gasteiger charge is -2.26. The fraction of sp³-hybridized carbons (Fsp3) is 0.714. The Labute approximate surface area is 114 Å². The molecule has 0 spiro atoms. The van der Waals surface area contributed by atoms with Crippen LogP contribution < -0.4 is 5.32 Å². The van der Waals surface area contributed by atoms with Crippen LogP contribution in [0, 0.1) is 11.8 Å². The minimum atomic E-state index is 0.892.